The number of nitrogens with one attached hydrogen (secondary N) is 1. The maximum Gasteiger partial charge on any atom is 0.338 e. The van der Waals surface area contributed by atoms with E-state index in [9.17, 15) is 14.4 Å². The third-order valence-corrected chi connectivity index (χ3v) is 6.73. The molecular weight excluding hydrogens is 442 g/mol. The van der Waals surface area contributed by atoms with Crippen LogP contribution in [0.2, 0.25) is 0 Å². The quantitative estimate of drug-likeness (QED) is 0.506. The van der Waals surface area contributed by atoms with Crippen molar-refractivity contribution in [2.24, 2.45) is 0 Å². The number of benzene rings is 1. The number of ether oxygens (including phenoxy) is 2. The average Bonchev–Trinajstić information content (AvgIpc) is 2.79. The molecule has 8 nitrogen and oxygen atoms in total. The average molecular weight is 478 g/mol. The van der Waals surface area contributed by atoms with Crippen molar-refractivity contribution in [2.75, 3.05) is 37.9 Å². The summed E-state index contributed by atoms with van der Waals surface area (Å²) in [4.78, 5) is 36.5. The first-order chi connectivity index (χ1) is 15.8. The van der Waals surface area contributed by atoms with Crippen LogP contribution in [0.1, 0.15) is 57.3 Å². The normalized spacial score (nSPS) is 18.5. The number of hydrogen-bond donors (Lipinski definition) is 1. The van der Waals surface area contributed by atoms with E-state index in [1.807, 2.05) is 25.3 Å². The van der Waals surface area contributed by atoms with E-state index in [2.05, 4.69) is 16.1 Å². The summed E-state index contributed by atoms with van der Waals surface area (Å²) in [6.07, 6.45) is 4.03. The summed E-state index contributed by atoms with van der Waals surface area (Å²) in [6.45, 7) is 8.79. The van der Waals surface area contributed by atoms with Gasteiger partial charge in [-0.25, -0.2) is 4.79 Å². The molecule has 1 aliphatic carbocycles. The highest BCUT2D eigenvalue weighted by Gasteiger charge is 2.53. The molecule has 1 fully saturated rings. The van der Waals surface area contributed by atoms with Crippen molar-refractivity contribution < 1.29 is 23.9 Å². The van der Waals surface area contributed by atoms with Crippen molar-refractivity contribution in [3.05, 3.63) is 29.8 Å². The zero-order valence-electron chi connectivity index (χ0n) is 20.2. The van der Waals surface area contributed by atoms with Gasteiger partial charge in [0.2, 0.25) is 5.91 Å². The Hall–Kier alpha value is -2.73. The van der Waals surface area contributed by atoms with Crippen LogP contribution in [-0.2, 0) is 19.1 Å². The van der Waals surface area contributed by atoms with Gasteiger partial charge in [-0.2, -0.15) is 5.26 Å². The number of hydrogen-bond acceptors (Lipinski definition) is 8. The van der Waals surface area contributed by atoms with Gasteiger partial charge in [0, 0.05) is 31.7 Å². The second-order valence-corrected chi connectivity index (χ2v) is 8.48. The molecule has 0 spiro atoms. The van der Waals surface area contributed by atoms with Gasteiger partial charge in [-0.05, 0) is 64.1 Å². The number of nitriles is 1. The van der Waals surface area contributed by atoms with Crippen LogP contribution in [0.4, 0.5) is 5.69 Å². The van der Waals surface area contributed by atoms with Gasteiger partial charge < -0.3 is 19.7 Å². The number of amides is 1. The molecule has 1 N–H and O–H groups in total. The van der Waals surface area contributed by atoms with Crippen LogP contribution in [0, 0.1) is 11.3 Å². The van der Waals surface area contributed by atoms with Gasteiger partial charge in [-0.15, -0.1) is 11.8 Å². The topological polar surface area (TPSA) is 109 Å². The molecule has 33 heavy (non-hydrogen) atoms. The molecule has 0 bridgehead atoms. The van der Waals surface area contributed by atoms with E-state index < -0.39 is 4.75 Å². The minimum Gasteiger partial charge on any atom is -0.466 e. The molecule has 0 aliphatic heterocycles. The minimum absolute atomic E-state index is 0.0181. The fourth-order valence-corrected chi connectivity index (χ4v) is 4.59. The Labute approximate surface area is 201 Å². The molecule has 1 saturated carbocycles. The lowest BCUT2D eigenvalue weighted by atomic mass is 9.77. The molecule has 9 heteroatoms. The fourth-order valence-electron chi connectivity index (χ4n) is 3.50. The van der Waals surface area contributed by atoms with E-state index in [4.69, 9.17) is 10.00 Å². The summed E-state index contributed by atoms with van der Waals surface area (Å²) >= 11 is 1.58. The highest BCUT2D eigenvalue weighted by molar-refractivity contribution is 8.00. The van der Waals surface area contributed by atoms with Crippen molar-refractivity contribution in [2.45, 2.75) is 57.7 Å². The first kappa shape index (κ1) is 28.3. The lowest BCUT2D eigenvalue weighted by Crippen LogP contribution is -2.62. The molecule has 0 saturated heterocycles. The largest absolute Gasteiger partial charge is 0.466 e. The van der Waals surface area contributed by atoms with E-state index in [1.165, 1.54) is 6.92 Å². The summed E-state index contributed by atoms with van der Waals surface area (Å²) in [6, 6.07) is 9.27. The predicted octanol–water partition coefficient (Wildman–Crippen LogP) is 3.87. The summed E-state index contributed by atoms with van der Waals surface area (Å²) in [5.41, 5.74) is 1.39. The van der Waals surface area contributed by atoms with E-state index in [0.29, 0.717) is 38.3 Å². The number of nitrogens with zero attached hydrogens (tertiary/aromatic N) is 2. The minimum atomic E-state index is -0.509. The van der Waals surface area contributed by atoms with Gasteiger partial charge in [0.1, 0.15) is 4.75 Å². The maximum absolute atomic E-state index is 13.1. The smallest absolute Gasteiger partial charge is 0.338 e. The molecule has 2 unspecified atom stereocenters. The van der Waals surface area contributed by atoms with Crippen LogP contribution in [-0.4, -0.2) is 66.1 Å². The Morgan fingerprint density at radius 3 is 2.21 bits per heavy atom. The maximum atomic E-state index is 13.1. The summed E-state index contributed by atoms with van der Waals surface area (Å²) in [5.74, 6) is -0.449. The van der Waals surface area contributed by atoms with E-state index in [-0.39, 0.29) is 23.9 Å². The zero-order valence-corrected chi connectivity index (χ0v) is 21.0. The SMILES string of the molecule is CCOC(=O)c1ccc(NC2CCC2(SC)C(=O)N(CC)CCC#N)cc1.CCOC(C)=O. The molecule has 2 atom stereocenters. The third-order valence-electron chi connectivity index (χ3n) is 5.34. The summed E-state index contributed by atoms with van der Waals surface area (Å²) in [7, 11) is 0. The van der Waals surface area contributed by atoms with Crippen molar-refractivity contribution >= 4 is 35.3 Å². The molecule has 1 amide bonds. The Morgan fingerprint density at radius 2 is 1.82 bits per heavy atom. The molecule has 0 radical (unpaired) electrons. The zero-order chi connectivity index (χ0) is 24.9. The molecule has 0 aromatic heterocycles. The molecule has 0 heterocycles. The van der Waals surface area contributed by atoms with Crippen LogP contribution >= 0.6 is 11.8 Å². The Bertz CT molecular complexity index is 820. The standard InChI is InChI=1S/C20H27N3O3S.C4H8O2/c1-4-23(14-6-13-21)19(25)20(27-3)12-11-17(20)22-16-9-7-15(8-10-16)18(24)26-5-2;1-3-6-4(2)5/h7-10,17,22H,4-6,11-12,14H2,1-3H3;3H2,1-2H3. The second-order valence-electron chi connectivity index (χ2n) is 7.34. The number of esters is 2. The monoisotopic (exact) mass is 477 g/mol. The molecule has 182 valence electrons. The van der Waals surface area contributed by atoms with Crippen molar-refractivity contribution in [3.8, 4) is 6.07 Å². The van der Waals surface area contributed by atoms with Crippen LogP contribution in [0.15, 0.2) is 24.3 Å². The Morgan fingerprint density at radius 1 is 1.18 bits per heavy atom. The number of carbonyl (C=O) groups is 3. The third kappa shape index (κ3) is 7.97. The van der Waals surface area contributed by atoms with Gasteiger partial charge in [0.15, 0.2) is 0 Å². The number of thioether (sulfide) groups is 1. The highest BCUT2D eigenvalue weighted by atomic mass is 32.2. The van der Waals surface area contributed by atoms with Gasteiger partial charge in [0.25, 0.3) is 0 Å². The van der Waals surface area contributed by atoms with Gasteiger partial charge in [-0.1, -0.05) is 0 Å². The van der Waals surface area contributed by atoms with Gasteiger partial charge >= 0.3 is 11.9 Å². The lowest BCUT2D eigenvalue weighted by molar-refractivity contribution is -0.140. The van der Waals surface area contributed by atoms with Crippen LogP contribution < -0.4 is 5.32 Å². The predicted molar refractivity (Wildman–Crippen MR) is 130 cm³/mol. The van der Waals surface area contributed by atoms with Crippen molar-refractivity contribution in [3.63, 3.8) is 0 Å². The van der Waals surface area contributed by atoms with Gasteiger partial charge in [0.05, 0.1) is 31.3 Å². The number of rotatable bonds is 10. The Kier molecular flexibility index (Phi) is 12.4. The molecule has 1 aromatic rings. The Balaban J connectivity index is 0.000000801. The molecule has 1 aliphatic rings. The van der Waals surface area contributed by atoms with Crippen molar-refractivity contribution in [1.82, 2.24) is 4.90 Å². The highest BCUT2D eigenvalue weighted by Crippen LogP contribution is 2.46. The van der Waals surface area contributed by atoms with Crippen LogP contribution in [0.3, 0.4) is 0 Å². The van der Waals surface area contributed by atoms with E-state index in [0.717, 1.165) is 18.5 Å². The summed E-state index contributed by atoms with van der Waals surface area (Å²) < 4.78 is 8.89. The second kappa shape index (κ2) is 14.4. The lowest BCUT2D eigenvalue weighted by Gasteiger charge is -2.49. The van der Waals surface area contributed by atoms with E-state index in [1.54, 1.807) is 42.6 Å². The van der Waals surface area contributed by atoms with Crippen LogP contribution in [0.25, 0.3) is 0 Å². The summed E-state index contributed by atoms with van der Waals surface area (Å²) in [5, 5.41) is 12.3. The molecular formula is C24H35N3O5S. The number of anilines is 1. The first-order valence-corrected chi connectivity index (χ1v) is 12.4. The van der Waals surface area contributed by atoms with Gasteiger partial charge in [-0.3, -0.25) is 9.59 Å². The van der Waals surface area contributed by atoms with Crippen molar-refractivity contribution in [1.29, 1.82) is 5.26 Å². The molecule has 2 rings (SSSR count). The number of carbonyl (C=O) groups excluding carboxylic acids is 3. The first-order valence-electron chi connectivity index (χ1n) is 11.2. The molecule has 1 aromatic carbocycles. The van der Waals surface area contributed by atoms with E-state index >= 15 is 0 Å². The fraction of sp³-hybridized carbons (Fsp3) is 0.583. The van der Waals surface area contributed by atoms with Crippen LogP contribution in [0.5, 0.6) is 0 Å².